The molecule has 1 saturated heterocycles. The number of nitrogen functional groups attached to an aromatic ring is 1. The Morgan fingerprint density at radius 1 is 1.38 bits per heavy atom. The van der Waals surface area contributed by atoms with Gasteiger partial charge in [-0.3, -0.25) is 16.0 Å². The van der Waals surface area contributed by atoms with Crippen LogP contribution in [-0.2, 0) is 10.0 Å². The second-order valence-corrected chi connectivity index (χ2v) is 7.32. The molecule has 0 radical (unpaired) electrons. The fraction of sp³-hybridized carbons (Fsp3) is 0.500. The molecule has 8 nitrogen and oxygen atoms in total. The van der Waals surface area contributed by atoms with Crippen molar-refractivity contribution in [3.63, 3.8) is 0 Å². The van der Waals surface area contributed by atoms with E-state index in [1.54, 1.807) is 0 Å². The number of nitrogens with one attached hydrogen (secondary N) is 1. The number of hydrazine groups is 1. The molecule has 3 rings (SSSR count). The van der Waals surface area contributed by atoms with Gasteiger partial charge in [-0.15, -0.1) is 0 Å². The first-order chi connectivity index (χ1) is 9.95. The highest BCUT2D eigenvalue weighted by molar-refractivity contribution is 7.89. The summed E-state index contributed by atoms with van der Waals surface area (Å²) in [7, 11) is -3.88. The van der Waals surface area contributed by atoms with Crippen LogP contribution in [0.15, 0.2) is 23.1 Å². The standard InChI is InChI=1S/C12H16N4O4S/c13-14-10-2-1-3-11(12(10)16(17)18)21(19,20)15-7-8-4-5-9(15)6-8/h1-3,8-9,14H,4-7,13H2. The van der Waals surface area contributed by atoms with Gasteiger partial charge in [-0.05, 0) is 37.3 Å². The summed E-state index contributed by atoms with van der Waals surface area (Å²) >= 11 is 0. The maximum atomic E-state index is 12.8. The number of rotatable bonds is 4. The van der Waals surface area contributed by atoms with Crippen molar-refractivity contribution in [3.8, 4) is 0 Å². The molecular formula is C12H16N4O4S. The van der Waals surface area contributed by atoms with Crippen LogP contribution in [0.4, 0.5) is 11.4 Å². The van der Waals surface area contributed by atoms with E-state index in [-0.39, 0.29) is 16.6 Å². The van der Waals surface area contributed by atoms with Crippen LogP contribution < -0.4 is 11.3 Å². The number of hydrogen-bond acceptors (Lipinski definition) is 6. The van der Waals surface area contributed by atoms with E-state index in [4.69, 9.17) is 5.84 Å². The zero-order valence-corrected chi connectivity index (χ0v) is 12.0. The zero-order chi connectivity index (χ0) is 15.2. The van der Waals surface area contributed by atoms with E-state index in [0.717, 1.165) is 19.3 Å². The van der Waals surface area contributed by atoms with E-state index in [9.17, 15) is 18.5 Å². The Balaban J connectivity index is 2.09. The van der Waals surface area contributed by atoms with E-state index in [1.807, 2.05) is 0 Å². The number of nitrogens with zero attached hydrogens (tertiary/aromatic N) is 2. The fourth-order valence-corrected chi connectivity index (χ4v) is 5.26. The summed E-state index contributed by atoms with van der Waals surface area (Å²) in [5.74, 6) is 5.63. The molecule has 0 aromatic heterocycles. The van der Waals surface area contributed by atoms with Crippen molar-refractivity contribution in [1.29, 1.82) is 0 Å². The van der Waals surface area contributed by atoms with Crippen molar-refractivity contribution >= 4 is 21.4 Å². The number of piperidine rings is 1. The number of sulfonamides is 1. The highest BCUT2D eigenvalue weighted by atomic mass is 32.2. The van der Waals surface area contributed by atoms with Gasteiger partial charge in [0.15, 0.2) is 4.90 Å². The molecule has 21 heavy (non-hydrogen) atoms. The van der Waals surface area contributed by atoms with Gasteiger partial charge in [0, 0.05) is 12.6 Å². The summed E-state index contributed by atoms with van der Waals surface area (Å²) in [6.45, 7) is 0.449. The molecule has 3 N–H and O–H groups in total. The molecule has 114 valence electrons. The zero-order valence-electron chi connectivity index (χ0n) is 11.2. The molecule has 1 aromatic carbocycles. The van der Waals surface area contributed by atoms with Gasteiger partial charge in [-0.2, -0.15) is 4.31 Å². The third kappa shape index (κ3) is 2.17. The number of nitro groups is 1. The van der Waals surface area contributed by atoms with Crippen LogP contribution in [0.25, 0.3) is 0 Å². The second-order valence-electron chi connectivity index (χ2n) is 5.46. The summed E-state index contributed by atoms with van der Waals surface area (Å²) in [5, 5.41) is 11.2. The van der Waals surface area contributed by atoms with Crippen molar-refractivity contribution in [1.82, 2.24) is 4.31 Å². The van der Waals surface area contributed by atoms with E-state index < -0.39 is 20.6 Å². The van der Waals surface area contributed by atoms with Crippen LogP contribution in [0, 0.1) is 16.0 Å². The van der Waals surface area contributed by atoms with Crippen molar-refractivity contribution in [2.24, 2.45) is 11.8 Å². The summed E-state index contributed by atoms with van der Waals surface area (Å²) in [4.78, 5) is 10.2. The smallest absolute Gasteiger partial charge is 0.313 e. The molecule has 1 aromatic rings. The van der Waals surface area contributed by atoms with E-state index in [0.29, 0.717) is 12.5 Å². The molecule has 1 saturated carbocycles. The van der Waals surface area contributed by atoms with Crippen molar-refractivity contribution in [3.05, 3.63) is 28.3 Å². The molecule has 1 aliphatic carbocycles. The third-order valence-corrected chi connectivity index (χ3v) is 6.23. The molecule has 2 atom stereocenters. The van der Waals surface area contributed by atoms with Gasteiger partial charge in [-0.25, -0.2) is 8.42 Å². The Hall–Kier alpha value is -1.71. The van der Waals surface area contributed by atoms with Crippen LogP contribution in [0.5, 0.6) is 0 Å². The van der Waals surface area contributed by atoms with Crippen LogP contribution >= 0.6 is 0 Å². The third-order valence-electron chi connectivity index (χ3n) is 4.28. The summed E-state index contributed by atoms with van der Waals surface area (Å²) in [6.07, 6.45) is 2.71. The van der Waals surface area contributed by atoms with Crippen molar-refractivity contribution in [2.75, 3.05) is 12.0 Å². The number of fused-ring (bicyclic) bond motifs is 2. The largest absolute Gasteiger partial charge is 0.318 e. The quantitative estimate of drug-likeness (QED) is 0.487. The first-order valence-electron chi connectivity index (χ1n) is 6.71. The van der Waals surface area contributed by atoms with Gasteiger partial charge in [0.2, 0.25) is 10.0 Å². The minimum atomic E-state index is -3.88. The van der Waals surface area contributed by atoms with Gasteiger partial charge in [0.05, 0.1) is 4.92 Å². The number of anilines is 1. The predicted molar refractivity (Wildman–Crippen MR) is 75.9 cm³/mol. The number of hydrogen-bond donors (Lipinski definition) is 2. The van der Waals surface area contributed by atoms with E-state index >= 15 is 0 Å². The maximum Gasteiger partial charge on any atom is 0.313 e. The van der Waals surface area contributed by atoms with Gasteiger partial charge < -0.3 is 5.43 Å². The Labute approximate surface area is 122 Å². The molecule has 9 heteroatoms. The van der Waals surface area contributed by atoms with Gasteiger partial charge in [-0.1, -0.05) is 6.07 Å². The molecule has 1 aliphatic heterocycles. The van der Waals surface area contributed by atoms with Crippen molar-refractivity contribution in [2.45, 2.75) is 30.2 Å². The van der Waals surface area contributed by atoms with Crippen molar-refractivity contribution < 1.29 is 13.3 Å². The van der Waals surface area contributed by atoms with Gasteiger partial charge in [0.25, 0.3) is 0 Å². The minimum Gasteiger partial charge on any atom is -0.318 e. The Morgan fingerprint density at radius 3 is 2.67 bits per heavy atom. The highest BCUT2D eigenvalue weighted by Crippen LogP contribution is 2.42. The molecule has 0 spiro atoms. The molecule has 0 amide bonds. The second kappa shape index (κ2) is 4.93. The molecule has 1 heterocycles. The monoisotopic (exact) mass is 312 g/mol. The van der Waals surface area contributed by atoms with E-state index in [2.05, 4.69) is 5.43 Å². The van der Waals surface area contributed by atoms with Crippen LogP contribution in [0.3, 0.4) is 0 Å². The van der Waals surface area contributed by atoms with Gasteiger partial charge in [0.1, 0.15) is 5.69 Å². The summed E-state index contributed by atoms with van der Waals surface area (Å²) in [5.41, 5.74) is 1.68. The average Bonchev–Trinajstić information content (AvgIpc) is 3.09. The number of para-hydroxylation sites is 1. The molecular weight excluding hydrogens is 296 g/mol. The highest BCUT2D eigenvalue weighted by Gasteiger charge is 2.46. The Bertz CT molecular complexity index is 690. The lowest BCUT2D eigenvalue weighted by Gasteiger charge is -2.26. The average molecular weight is 312 g/mol. The first kappa shape index (κ1) is 14.2. The molecule has 2 aliphatic rings. The lowest BCUT2D eigenvalue weighted by molar-refractivity contribution is -0.386. The molecule has 2 unspecified atom stereocenters. The first-order valence-corrected chi connectivity index (χ1v) is 8.15. The van der Waals surface area contributed by atoms with Gasteiger partial charge >= 0.3 is 5.69 Å². The summed E-state index contributed by atoms with van der Waals surface area (Å²) in [6, 6.07) is 4.06. The number of benzene rings is 1. The SMILES string of the molecule is NNc1cccc(S(=O)(=O)N2CC3CCC2C3)c1[N+](=O)[O-]. The molecule has 2 fully saturated rings. The van der Waals surface area contributed by atoms with Crippen LogP contribution in [0.2, 0.25) is 0 Å². The number of nitro benzene ring substituents is 1. The number of nitrogens with two attached hydrogens (primary N) is 1. The maximum absolute atomic E-state index is 12.8. The Kier molecular flexibility index (Phi) is 3.34. The lowest BCUT2D eigenvalue weighted by atomic mass is 10.1. The minimum absolute atomic E-state index is 0.00886. The van der Waals surface area contributed by atoms with Crippen LogP contribution in [0.1, 0.15) is 19.3 Å². The lowest BCUT2D eigenvalue weighted by Crippen LogP contribution is -2.37. The molecule has 2 bridgehead atoms. The fourth-order valence-electron chi connectivity index (χ4n) is 3.34. The van der Waals surface area contributed by atoms with Crippen LogP contribution in [-0.4, -0.2) is 30.2 Å². The summed E-state index contributed by atoms with van der Waals surface area (Å²) < 4.78 is 26.9. The normalized spacial score (nSPS) is 25.2. The topological polar surface area (TPSA) is 119 Å². The van der Waals surface area contributed by atoms with E-state index in [1.165, 1.54) is 22.5 Å². The predicted octanol–water partition coefficient (Wildman–Crippen LogP) is 1.05. The Morgan fingerprint density at radius 2 is 2.14 bits per heavy atom.